The minimum Gasteiger partial charge on any atom is -0.383 e. The summed E-state index contributed by atoms with van der Waals surface area (Å²) in [7, 11) is 1.79. The molecule has 3 heteroatoms. The van der Waals surface area contributed by atoms with Gasteiger partial charge in [0, 0.05) is 26.7 Å². The Morgan fingerprint density at radius 3 is 2.14 bits per heavy atom. The van der Waals surface area contributed by atoms with Crippen molar-refractivity contribution in [1.29, 1.82) is 0 Å². The highest BCUT2D eigenvalue weighted by atomic mass is 16.5. The quantitative estimate of drug-likeness (QED) is 0.575. The fraction of sp³-hybridized carbons (Fsp3) is 1.00. The van der Waals surface area contributed by atoms with Gasteiger partial charge in [-0.1, -0.05) is 38.5 Å². The van der Waals surface area contributed by atoms with Crippen LogP contribution in [0.2, 0.25) is 0 Å². The van der Waals surface area contributed by atoms with E-state index in [2.05, 4.69) is 10.2 Å². The van der Waals surface area contributed by atoms with Crippen molar-refractivity contribution in [2.45, 2.75) is 64.2 Å². The summed E-state index contributed by atoms with van der Waals surface area (Å²) in [6.45, 7) is 7.01. The molecular formula is C18H36N2O. The maximum atomic E-state index is 5.18. The molecule has 0 aromatic carbocycles. The van der Waals surface area contributed by atoms with E-state index in [1.807, 2.05) is 0 Å². The first-order chi connectivity index (χ1) is 10.3. The molecule has 0 radical (unpaired) electrons. The van der Waals surface area contributed by atoms with Crippen molar-refractivity contribution in [2.24, 2.45) is 5.41 Å². The zero-order chi connectivity index (χ0) is 14.8. The first-order valence-corrected chi connectivity index (χ1v) is 9.27. The van der Waals surface area contributed by atoms with Gasteiger partial charge in [0.05, 0.1) is 6.61 Å². The Labute approximate surface area is 131 Å². The van der Waals surface area contributed by atoms with Crippen LogP contribution in [0.25, 0.3) is 0 Å². The second-order valence-corrected chi connectivity index (χ2v) is 7.27. The zero-order valence-corrected chi connectivity index (χ0v) is 14.2. The van der Waals surface area contributed by atoms with Crippen molar-refractivity contribution in [3.63, 3.8) is 0 Å². The lowest BCUT2D eigenvalue weighted by molar-refractivity contribution is 0.124. The minimum absolute atomic E-state index is 0.522. The molecule has 3 nitrogen and oxygen atoms in total. The monoisotopic (exact) mass is 296 g/mol. The molecule has 0 spiro atoms. The summed E-state index contributed by atoms with van der Waals surface area (Å²) in [5.74, 6) is 0. The molecular weight excluding hydrogens is 260 g/mol. The van der Waals surface area contributed by atoms with Gasteiger partial charge in [0.1, 0.15) is 0 Å². The molecule has 0 aromatic heterocycles. The van der Waals surface area contributed by atoms with Gasteiger partial charge in [0.15, 0.2) is 0 Å². The molecule has 0 bridgehead atoms. The third-order valence-corrected chi connectivity index (χ3v) is 5.40. The Balaban J connectivity index is 1.89. The summed E-state index contributed by atoms with van der Waals surface area (Å²) >= 11 is 0. The number of hydrogen-bond donors (Lipinski definition) is 1. The standard InChI is InChI=1S/C18H36N2O/c1-21-15-12-19-16-18(10-6-2-3-7-11-18)17-20-13-8-4-5-9-14-20/h19H,2-17H2,1H3. The highest BCUT2D eigenvalue weighted by Gasteiger charge is 2.32. The van der Waals surface area contributed by atoms with Crippen LogP contribution in [0.3, 0.4) is 0 Å². The number of nitrogens with one attached hydrogen (secondary N) is 1. The topological polar surface area (TPSA) is 24.5 Å². The molecule has 1 N–H and O–H groups in total. The molecule has 1 heterocycles. The Morgan fingerprint density at radius 1 is 0.905 bits per heavy atom. The predicted molar refractivity (Wildman–Crippen MR) is 89.8 cm³/mol. The SMILES string of the molecule is COCCNCC1(CN2CCCCCC2)CCCCCC1. The van der Waals surface area contributed by atoms with Crippen LogP contribution in [-0.2, 0) is 4.74 Å². The van der Waals surface area contributed by atoms with Gasteiger partial charge in [-0.2, -0.15) is 0 Å². The van der Waals surface area contributed by atoms with Crippen LogP contribution >= 0.6 is 0 Å². The van der Waals surface area contributed by atoms with Gasteiger partial charge in [-0.05, 0) is 44.2 Å². The van der Waals surface area contributed by atoms with E-state index in [1.54, 1.807) is 7.11 Å². The van der Waals surface area contributed by atoms with Gasteiger partial charge in [-0.25, -0.2) is 0 Å². The van der Waals surface area contributed by atoms with Crippen molar-refractivity contribution in [3.8, 4) is 0 Å². The van der Waals surface area contributed by atoms with Crippen molar-refractivity contribution in [1.82, 2.24) is 10.2 Å². The van der Waals surface area contributed by atoms with E-state index in [0.29, 0.717) is 5.41 Å². The second kappa shape index (κ2) is 9.81. The summed E-state index contributed by atoms with van der Waals surface area (Å²) in [6, 6.07) is 0. The number of hydrogen-bond acceptors (Lipinski definition) is 3. The summed E-state index contributed by atoms with van der Waals surface area (Å²) < 4.78 is 5.18. The molecule has 2 fully saturated rings. The first-order valence-electron chi connectivity index (χ1n) is 9.27. The Bertz CT molecular complexity index is 254. The number of ether oxygens (including phenoxy) is 1. The van der Waals surface area contributed by atoms with Gasteiger partial charge in [-0.3, -0.25) is 0 Å². The van der Waals surface area contributed by atoms with Crippen LogP contribution in [0.1, 0.15) is 64.2 Å². The largest absolute Gasteiger partial charge is 0.383 e. The van der Waals surface area contributed by atoms with E-state index >= 15 is 0 Å². The molecule has 1 saturated carbocycles. The molecule has 1 aliphatic carbocycles. The minimum atomic E-state index is 0.522. The van der Waals surface area contributed by atoms with E-state index in [4.69, 9.17) is 4.74 Å². The summed E-state index contributed by atoms with van der Waals surface area (Å²) in [4.78, 5) is 2.77. The number of nitrogens with zero attached hydrogens (tertiary/aromatic N) is 1. The van der Waals surface area contributed by atoms with Crippen molar-refractivity contribution >= 4 is 0 Å². The molecule has 2 aliphatic rings. The molecule has 124 valence electrons. The van der Waals surface area contributed by atoms with Crippen LogP contribution in [0.4, 0.5) is 0 Å². The van der Waals surface area contributed by atoms with Gasteiger partial charge >= 0.3 is 0 Å². The number of rotatable bonds is 7. The van der Waals surface area contributed by atoms with Gasteiger partial charge in [0.25, 0.3) is 0 Å². The van der Waals surface area contributed by atoms with E-state index in [-0.39, 0.29) is 0 Å². The zero-order valence-electron chi connectivity index (χ0n) is 14.2. The van der Waals surface area contributed by atoms with Gasteiger partial charge in [-0.15, -0.1) is 0 Å². The van der Waals surface area contributed by atoms with E-state index < -0.39 is 0 Å². The molecule has 1 aliphatic heterocycles. The van der Waals surface area contributed by atoms with Gasteiger partial charge in [0.2, 0.25) is 0 Å². The highest BCUT2D eigenvalue weighted by Crippen LogP contribution is 2.36. The lowest BCUT2D eigenvalue weighted by atomic mass is 9.79. The number of likely N-dealkylation sites (tertiary alicyclic amines) is 1. The van der Waals surface area contributed by atoms with E-state index in [9.17, 15) is 0 Å². The molecule has 0 unspecified atom stereocenters. The molecule has 21 heavy (non-hydrogen) atoms. The lowest BCUT2D eigenvalue weighted by Gasteiger charge is -2.38. The van der Waals surface area contributed by atoms with Crippen LogP contribution in [-0.4, -0.2) is 51.3 Å². The van der Waals surface area contributed by atoms with Crippen LogP contribution in [0.5, 0.6) is 0 Å². The second-order valence-electron chi connectivity index (χ2n) is 7.27. The van der Waals surface area contributed by atoms with Crippen molar-refractivity contribution in [2.75, 3.05) is 46.4 Å². The van der Waals surface area contributed by atoms with Crippen LogP contribution < -0.4 is 5.32 Å². The van der Waals surface area contributed by atoms with Crippen molar-refractivity contribution < 1.29 is 4.74 Å². The Morgan fingerprint density at radius 2 is 1.52 bits per heavy atom. The predicted octanol–water partition coefficient (Wildman–Crippen LogP) is 3.44. The fourth-order valence-electron chi connectivity index (χ4n) is 4.17. The number of methoxy groups -OCH3 is 1. The average molecular weight is 296 g/mol. The van der Waals surface area contributed by atoms with E-state index in [1.165, 1.54) is 90.4 Å². The lowest BCUT2D eigenvalue weighted by Crippen LogP contribution is -2.45. The molecule has 1 saturated heterocycles. The average Bonchev–Trinajstić information content (AvgIpc) is 2.87. The summed E-state index contributed by atoms with van der Waals surface area (Å²) in [5.41, 5.74) is 0.522. The van der Waals surface area contributed by atoms with Crippen molar-refractivity contribution in [3.05, 3.63) is 0 Å². The maximum Gasteiger partial charge on any atom is 0.0587 e. The third-order valence-electron chi connectivity index (χ3n) is 5.40. The normalized spacial score (nSPS) is 24.4. The summed E-state index contributed by atoms with van der Waals surface area (Å²) in [6.07, 6.45) is 14.3. The fourth-order valence-corrected chi connectivity index (χ4v) is 4.17. The van der Waals surface area contributed by atoms with Crippen LogP contribution in [0, 0.1) is 5.41 Å². The smallest absolute Gasteiger partial charge is 0.0587 e. The van der Waals surface area contributed by atoms with Crippen LogP contribution in [0.15, 0.2) is 0 Å². The van der Waals surface area contributed by atoms with E-state index in [0.717, 1.165) is 13.2 Å². The molecule has 0 atom stereocenters. The van der Waals surface area contributed by atoms with Gasteiger partial charge < -0.3 is 15.0 Å². The maximum absolute atomic E-state index is 5.18. The first kappa shape index (κ1) is 17.2. The molecule has 0 aromatic rings. The Kier molecular flexibility index (Phi) is 8.05. The molecule has 2 rings (SSSR count). The Hall–Kier alpha value is -0.120. The third kappa shape index (κ3) is 6.25. The summed E-state index contributed by atoms with van der Waals surface area (Å²) in [5, 5.41) is 3.68. The molecule has 0 amide bonds. The highest BCUT2D eigenvalue weighted by molar-refractivity contribution is 4.87.